The van der Waals surface area contributed by atoms with Crippen LogP contribution in [-0.4, -0.2) is 114 Å². The Balaban J connectivity index is 1.34. The summed E-state index contributed by atoms with van der Waals surface area (Å²) in [4.78, 5) is 36.1. The number of amides is 2. The van der Waals surface area contributed by atoms with Gasteiger partial charge in [0.1, 0.15) is 5.82 Å². The number of aromatic nitrogens is 4. The minimum atomic E-state index is -4.81. The molecule has 2 saturated heterocycles. The molecule has 0 unspecified atom stereocenters. The molecule has 3 aromatic rings. The van der Waals surface area contributed by atoms with E-state index in [1.807, 2.05) is 11.9 Å². The van der Waals surface area contributed by atoms with Crippen molar-refractivity contribution in [2.75, 3.05) is 88.6 Å². The maximum Gasteiger partial charge on any atom is 0.417 e. The number of carbonyl (C=O) groups excluding carboxylic acids is 2. The zero-order chi connectivity index (χ0) is 31.3. The Kier molecular flexibility index (Phi) is 9.61. The fourth-order valence-electron chi connectivity index (χ4n) is 5.08. The van der Waals surface area contributed by atoms with Crippen molar-refractivity contribution in [1.29, 1.82) is 0 Å². The second-order valence-corrected chi connectivity index (χ2v) is 10.7. The third kappa shape index (κ3) is 7.62. The van der Waals surface area contributed by atoms with Gasteiger partial charge < -0.3 is 30.9 Å². The molecule has 2 aliphatic rings. The van der Waals surface area contributed by atoms with Crippen molar-refractivity contribution in [3.63, 3.8) is 0 Å². The lowest BCUT2D eigenvalue weighted by Gasteiger charge is -2.35. The highest BCUT2D eigenvalue weighted by Gasteiger charge is 2.36. The standard InChI is InChI=1S/C28H35F3N10O3/c1-38-7-9-40(10-8-38)24-4-3-19(15-22(24)35-26(42)20-17-34-25(32)16-21(20)28(29,30)31)41-18-23(36-37-41)27(43)33-5-2-6-39-11-13-44-14-12-39/h3-4,15-18H,2,5-14H2,1H3,(H2,32,34)(H,33,43)(H,35,42). The number of piperazine rings is 1. The molecule has 0 saturated carbocycles. The van der Waals surface area contributed by atoms with Crippen molar-refractivity contribution >= 4 is 29.0 Å². The van der Waals surface area contributed by atoms with Crippen LogP contribution in [0, 0.1) is 0 Å². The van der Waals surface area contributed by atoms with Gasteiger partial charge in [0.2, 0.25) is 0 Å². The molecule has 2 aromatic heterocycles. The van der Waals surface area contributed by atoms with Crippen LogP contribution in [0.2, 0.25) is 0 Å². The highest BCUT2D eigenvalue weighted by molar-refractivity contribution is 6.07. The summed E-state index contributed by atoms with van der Waals surface area (Å²) < 4.78 is 47.9. The molecule has 0 radical (unpaired) electrons. The van der Waals surface area contributed by atoms with Gasteiger partial charge in [0.15, 0.2) is 5.69 Å². The van der Waals surface area contributed by atoms with Gasteiger partial charge in [-0.25, -0.2) is 9.67 Å². The van der Waals surface area contributed by atoms with Gasteiger partial charge in [-0.2, -0.15) is 13.2 Å². The zero-order valence-corrected chi connectivity index (χ0v) is 24.3. The third-order valence-electron chi connectivity index (χ3n) is 7.58. The summed E-state index contributed by atoms with van der Waals surface area (Å²) in [6.07, 6.45) is -1.77. The van der Waals surface area contributed by atoms with Crippen LogP contribution in [0.4, 0.5) is 30.4 Å². The predicted molar refractivity (Wildman–Crippen MR) is 157 cm³/mol. The molecule has 4 heterocycles. The van der Waals surface area contributed by atoms with Crippen molar-refractivity contribution in [3.05, 3.63) is 53.5 Å². The maximum atomic E-state index is 13.7. The minimum absolute atomic E-state index is 0.105. The first-order valence-electron chi connectivity index (χ1n) is 14.3. The Morgan fingerprint density at radius 2 is 1.80 bits per heavy atom. The number of anilines is 3. The summed E-state index contributed by atoms with van der Waals surface area (Å²) in [6.45, 7) is 7.32. The molecular weight excluding hydrogens is 581 g/mol. The van der Waals surface area contributed by atoms with Crippen molar-refractivity contribution < 1.29 is 27.5 Å². The molecule has 2 fully saturated rings. The SMILES string of the molecule is CN1CCN(c2ccc(-n3cc(C(=O)NCCCN4CCOCC4)nn3)cc2NC(=O)c2cnc(N)cc2C(F)(F)F)CC1. The summed E-state index contributed by atoms with van der Waals surface area (Å²) in [6, 6.07) is 5.72. The number of likely N-dealkylation sites (N-methyl/N-ethyl adjacent to an activating group) is 1. The van der Waals surface area contributed by atoms with E-state index >= 15 is 0 Å². The Labute approximate surface area is 252 Å². The number of nitrogens with one attached hydrogen (secondary N) is 2. The zero-order valence-electron chi connectivity index (χ0n) is 24.3. The maximum absolute atomic E-state index is 13.7. The number of hydrogen-bond donors (Lipinski definition) is 3. The van der Waals surface area contributed by atoms with Gasteiger partial charge in [0.05, 0.1) is 47.6 Å². The van der Waals surface area contributed by atoms with E-state index in [1.54, 1.807) is 18.2 Å². The Bertz CT molecular complexity index is 1470. The number of alkyl halides is 3. The van der Waals surface area contributed by atoms with E-state index in [2.05, 4.69) is 35.7 Å². The molecule has 236 valence electrons. The van der Waals surface area contributed by atoms with Crippen LogP contribution in [0.15, 0.2) is 36.7 Å². The van der Waals surface area contributed by atoms with Crippen LogP contribution in [0.25, 0.3) is 5.69 Å². The van der Waals surface area contributed by atoms with Crippen LogP contribution in [-0.2, 0) is 10.9 Å². The molecule has 44 heavy (non-hydrogen) atoms. The second-order valence-electron chi connectivity index (χ2n) is 10.7. The van der Waals surface area contributed by atoms with E-state index in [0.717, 1.165) is 45.3 Å². The first-order valence-corrected chi connectivity index (χ1v) is 14.3. The molecular formula is C28H35F3N10O3. The Hall–Kier alpha value is -4.28. The molecule has 16 heteroatoms. The monoisotopic (exact) mass is 616 g/mol. The number of benzene rings is 1. The molecule has 0 bridgehead atoms. The van der Waals surface area contributed by atoms with Gasteiger partial charge in [-0.3, -0.25) is 14.5 Å². The number of rotatable bonds is 9. The topological polar surface area (TPSA) is 147 Å². The largest absolute Gasteiger partial charge is 0.417 e. The van der Waals surface area contributed by atoms with E-state index in [1.165, 1.54) is 10.9 Å². The van der Waals surface area contributed by atoms with E-state index < -0.39 is 23.2 Å². The van der Waals surface area contributed by atoms with Crippen molar-refractivity contribution in [3.8, 4) is 5.69 Å². The number of morpholine rings is 1. The molecule has 0 aliphatic carbocycles. The number of nitrogens with two attached hydrogens (primary N) is 1. The quantitative estimate of drug-likeness (QED) is 0.304. The molecule has 4 N–H and O–H groups in total. The summed E-state index contributed by atoms with van der Waals surface area (Å²) in [5, 5.41) is 13.6. The highest BCUT2D eigenvalue weighted by Crippen LogP contribution is 2.34. The molecule has 13 nitrogen and oxygen atoms in total. The first-order chi connectivity index (χ1) is 21.1. The van der Waals surface area contributed by atoms with Crippen LogP contribution in [0.1, 0.15) is 32.8 Å². The molecule has 0 atom stereocenters. The van der Waals surface area contributed by atoms with E-state index in [9.17, 15) is 22.8 Å². The Morgan fingerprint density at radius 1 is 1.05 bits per heavy atom. The average Bonchev–Trinajstić information content (AvgIpc) is 3.50. The summed E-state index contributed by atoms with van der Waals surface area (Å²) in [5.74, 6) is -1.72. The lowest BCUT2D eigenvalue weighted by atomic mass is 10.1. The lowest BCUT2D eigenvalue weighted by molar-refractivity contribution is -0.137. The highest BCUT2D eigenvalue weighted by atomic mass is 19.4. The number of ether oxygens (including phenoxy) is 1. The molecule has 1 aromatic carbocycles. The predicted octanol–water partition coefficient (Wildman–Crippen LogP) is 1.72. The number of pyridine rings is 1. The van der Waals surface area contributed by atoms with Gasteiger partial charge in [-0.1, -0.05) is 5.21 Å². The second kappa shape index (κ2) is 13.6. The van der Waals surface area contributed by atoms with Crippen molar-refractivity contribution in [2.24, 2.45) is 0 Å². The van der Waals surface area contributed by atoms with Gasteiger partial charge in [-0.05, 0) is 44.3 Å². The van der Waals surface area contributed by atoms with Gasteiger partial charge >= 0.3 is 6.18 Å². The van der Waals surface area contributed by atoms with Crippen LogP contribution in [0.5, 0.6) is 0 Å². The number of hydrogen-bond acceptors (Lipinski definition) is 10. The van der Waals surface area contributed by atoms with Gasteiger partial charge in [0, 0.05) is 52.0 Å². The summed E-state index contributed by atoms with van der Waals surface area (Å²) in [5.41, 5.74) is 5.09. The lowest BCUT2D eigenvalue weighted by Crippen LogP contribution is -2.44. The molecule has 0 spiro atoms. The van der Waals surface area contributed by atoms with E-state index in [4.69, 9.17) is 10.5 Å². The van der Waals surface area contributed by atoms with Crippen LogP contribution in [0.3, 0.4) is 0 Å². The molecule has 2 amide bonds. The van der Waals surface area contributed by atoms with E-state index in [-0.39, 0.29) is 23.1 Å². The molecule has 5 rings (SSSR count). The van der Waals surface area contributed by atoms with Gasteiger partial charge in [0.25, 0.3) is 11.8 Å². The number of carbonyl (C=O) groups is 2. The summed E-state index contributed by atoms with van der Waals surface area (Å²) >= 11 is 0. The number of nitrogen functional groups attached to an aromatic ring is 1. The van der Waals surface area contributed by atoms with Crippen LogP contribution >= 0.6 is 0 Å². The minimum Gasteiger partial charge on any atom is -0.384 e. The average molecular weight is 617 g/mol. The fourth-order valence-corrected chi connectivity index (χ4v) is 5.08. The number of halogens is 3. The Morgan fingerprint density at radius 3 is 2.52 bits per heavy atom. The molecule has 2 aliphatic heterocycles. The first kappa shape index (κ1) is 31.2. The van der Waals surface area contributed by atoms with E-state index in [0.29, 0.717) is 50.3 Å². The van der Waals surface area contributed by atoms with Crippen LogP contribution < -0.4 is 21.3 Å². The number of nitrogens with zero attached hydrogens (tertiary/aromatic N) is 7. The van der Waals surface area contributed by atoms with Crippen molar-refractivity contribution in [1.82, 2.24) is 35.1 Å². The normalized spacial score (nSPS) is 16.6. The fraction of sp³-hybridized carbons (Fsp3) is 0.464. The van der Waals surface area contributed by atoms with Gasteiger partial charge in [-0.15, -0.1) is 5.10 Å². The van der Waals surface area contributed by atoms with Crippen molar-refractivity contribution in [2.45, 2.75) is 12.6 Å². The summed E-state index contributed by atoms with van der Waals surface area (Å²) in [7, 11) is 2.00. The smallest absolute Gasteiger partial charge is 0.384 e. The third-order valence-corrected chi connectivity index (χ3v) is 7.58.